The van der Waals surface area contributed by atoms with Gasteiger partial charge in [0, 0.05) is 24.1 Å². The van der Waals surface area contributed by atoms with Crippen molar-refractivity contribution in [2.75, 3.05) is 11.9 Å². The second kappa shape index (κ2) is 13.8. The van der Waals surface area contributed by atoms with Gasteiger partial charge >= 0.3 is 11.9 Å². The van der Waals surface area contributed by atoms with E-state index in [0.717, 1.165) is 10.8 Å². The molecule has 1 amide bonds. The predicted molar refractivity (Wildman–Crippen MR) is 158 cm³/mol. The Hall–Kier alpha value is -5.70. The second-order valence-corrected chi connectivity index (χ2v) is 9.51. The Morgan fingerprint density at radius 3 is 2.16 bits per heavy atom. The molecule has 9 heteroatoms. The zero-order chi connectivity index (χ0) is 30.0. The Labute approximate surface area is 247 Å². The van der Waals surface area contributed by atoms with Crippen molar-refractivity contribution in [2.45, 2.75) is 19.3 Å². The third-order valence-electron chi connectivity index (χ3n) is 6.35. The number of hydrogen-bond acceptors (Lipinski definition) is 8. The minimum Gasteiger partial charge on any atom is -0.457 e. The average molecular weight is 578 g/mol. The maximum atomic E-state index is 12.4. The number of ether oxygens (including phenoxy) is 3. The minimum absolute atomic E-state index is 0.0130. The van der Waals surface area contributed by atoms with Gasteiger partial charge in [0.1, 0.15) is 17.2 Å². The molecule has 9 nitrogen and oxygen atoms in total. The molecule has 0 saturated heterocycles. The van der Waals surface area contributed by atoms with Crippen LogP contribution in [0, 0.1) is 0 Å². The van der Waals surface area contributed by atoms with Crippen molar-refractivity contribution in [2.24, 2.45) is 0 Å². The maximum absolute atomic E-state index is 12.4. The quantitative estimate of drug-likeness (QED) is 0.0958. The summed E-state index contributed by atoms with van der Waals surface area (Å²) in [5.74, 6) is -0.267. The zero-order valence-corrected chi connectivity index (χ0v) is 23.0. The van der Waals surface area contributed by atoms with Gasteiger partial charge in [-0.1, -0.05) is 30.3 Å². The van der Waals surface area contributed by atoms with Crippen LogP contribution in [0.5, 0.6) is 17.2 Å². The van der Waals surface area contributed by atoms with Crippen LogP contribution in [-0.2, 0) is 14.3 Å². The summed E-state index contributed by atoms with van der Waals surface area (Å²) in [4.78, 5) is 48.7. The first-order chi connectivity index (χ1) is 20.9. The fourth-order valence-electron chi connectivity index (χ4n) is 4.15. The molecule has 1 aromatic heterocycles. The van der Waals surface area contributed by atoms with Crippen molar-refractivity contribution in [1.82, 2.24) is 0 Å². The number of nitrogens with one attached hydrogen (secondary N) is 1. The standard InChI is InChI=1S/C34H27NO8/c36-30(24-11-15-28(16-12-24)43-34(39)31-7-4-20-40-31)22-41-33(38)9-3-8-32(37)35-26-13-18-27(19-14-26)42-29-17-10-23-5-1-2-6-25(23)21-29/h1-2,4-7,10-21H,3,8-9,22H2,(H,35,37). The van der Waals surface area contributed by atoms with Crippen LogP contribution in [0.2, 0.25) is 0 Å². The highest BCUT2D eigenvalue weighted by Crippen LogP contribution is 2.26. The van der Waals surface area contributed by atoms with Crippen molar-refractivity contribution >= 4 is 40.1 Å². The van der Waals surface area contributed by atoms with Crippen LogP contribution >= 0.6 is 0 Å². The first kappa shape index (κ1) is 28.8. The van der Waals surface area contributed by atoms with Gasteiger partial charge in [-0.3, -0.25) is 14.4 Å². The molecule has 0 saturated carbocycles. The lowest BCUT2D eigenvalue weighted by molar-refractivity contribution is -0.142. The molecule has 0 bridgehead atoms. The number of furan rings is 1. The van der Waals surface area contributed by atoms with E-state index < -0.39 is 24.3 Å². The summed E-state index contributed by atoms with van der Waals surface area (Å²) in [7, 11) is 0. The first-order valence-corrected chi connectivity index (χ1v) is 13.5. The van der Waals surface area contributed by atoms with E-state index in [1.165, 1.54) is 36.6 Å². The van der Waals surface area contributed by atoms with Gasteiger partial charge in [-0.2, -0.15) is 0 Å². The fraction of sp³-hybridized carbons (Fsp3) is 0.118. The van der Waals surface area contributed by atoms with Crippen molar-refractivity contribution in [3.05, 3.63) is 121 Å². The number of carbonyl (C=O) groups excluding carboxylic acids is 4. The normalized spacial score (nSPS) is 10.6. The molecule has 43 heavy (non-hydrogen) atoms. The lowest BCUT2D eigenvalue weighted by atomic mass is 10.1. The molecule has 1 N–H and O–H groups in total. The number of amides is 1. The number of anilines is 1. The fourth-order valence-corrected chi connectivity index (χ4v) is 4.15. The molecule has 0 atom stereocenters. The molecule has 216 valence electrons. The number of Topliss-reactive ketones (excluding diaryl/α,β-unsaturated/α-hetero) is 1. The summed E-state index contributed by atoms with van der Waals surface area (Å²) in [6.45, 7) is -0.440. The summed E-state index contributed by atoms with van der Waals surface area (Å²) in [6.07, 6.45) is 1.72. The first-order valence-electron chi connectivity index (χ1n) is 13.5. The highest BCUT2D eigenvalue weighted by molar-refractivity contribution is 5.98. The number of esters is 2. The van der Waals surface area contributed by atoms with Crippen LogP contribution in [0.15, 0.2) is 114 Å². The van der Waals surface area contributed by atoms with E-state index in [0.29, 0.717) is 22.7 Å². The van der Waals surface area contributed by atoms with Gasteiger partial charge in [0.15, 0.2) is 12.4 Å². The van der Waals surface area contributed by atoms with Crippen LogP contribution in [0.4, 0.5) is 5.69 Å². The van der Waals surface area contributed by atoms with Crippen LogP contribution in [0.25, 0.3) is 10.8 Å². The molecule has 5 aromatic rings. The predicted octanol–water partition coefficient (Wildman–Crippen LogP) is 6.98. The van der Waals surface area contributed by atoms with E-state index >= 15 is 0 Å². The number of benzene rings is 4. The maximum Gasteiger partial charge on any atom is 0.379 e. The van der Waals surface area contributed by atoms with E-state index in [4.69, 9.17) is 18.6 Å². The minimum atomic E-state index is -0.660. The van der Waals surface area contributed by atoms with Crippen LogP contribution in [0.1, 0.15) is 40.2 Å². The zero-order valence-electron chi connectivity index (χ0n) is 23.0. The van der Waals surface area contributed by atoms with Crippen molar-refractivity contribution in [1.29, 1.82) is 0 Å². The molecule has 4 aromatic carbocycles. The topological polar surface area (TPSA) is 121 Å². The third kappa shape index (κ3) is 8.17. The van der Waals surface area contributed by atoms with E-state index in [1.54, 1.807) is 30.3 Å². The summed E-state index contributed by atoms with van der Waals surface area (Å²) < 4.78 is 21.1. The lowest BCUT2D eigenvalue weighted by Gasteiger charge is -2.09. The molecular weight excluding hydrogens is 550 g/mol. The van der Waals surface area contributed by atoms with E-state index in [-0.39, 0.29) is 36.7 Å². The number of hydrogen-bond donors (Lipinski definition) is 1. The number of fused-ring (bicyclic) bond motifs is 1. The second-order valence-electron chi connectivity index (χ2n) is 9.51. The molecule has 0 spiro atoms. The molecule has 0 aliphatic carbocycles. The Bertz CT molecular complexity index is 1730. The van der Waals surface area contributed by atoms with Gasteiger partial charge in [-0.15, -0.1) is 0 Å². The highest BCUT2D eigenvalue weighted by atomic mass is 16.5. The lowest BCUT2D eigenvalue weighted by Crippen LogP contribution is -2.15. The average Bonchev–Trinajstić information content (AvgIpc) is 3.57. The summed E-state index contributed by atoms with van der Waals surface area (Å²) in [5.41, 5.74) is 0.893. The molecule has 0 radical (unpaired) electrons. The van der Waals surface area contributed by atoms with E-state index in [1.807, 2.05) is 42.5 Å². The smallest absolute Gasteiger partial charge is 0.379 e. The van der Waals surface area contributed by atoms with Gasteiger partial charge in [0.25, 0.3) is 0 Å². The number of ketones is 1. The SMILES string of the molecule is O=C(CCCC(=O)OCC(=O)c1ccc(OC(=O)c2ccco2)cc1)Nc1ccc(Oc2ccc3ccccc3c2)cc1. The summed E-state index contributed by atoms with van der Waals surface area (Å²) >= 11 is 0. The molecule has 1 heterocycles. The third-order valence-corrected chi connectivity index (χ3v) is 6.35. The number of rotatable bonds is 12. The van der Waals surface area contributed by atoms with Gasteiger partial charge < -0.3 is 23.9 Å². The summed E-state index contributed by atoms with van der Waals surface area (Å²) in [5, 5.41) is 5.00. The molecule has 0 unspecified atom stereocenters. The Morgan fingerprint density at radius 2 is 1.42 bits per heavy atom. The van der Waals surface area contributed by atoms with E-state index in [9.17, 15) is 19.2 Å². The Balaban J connectivity index is 0.990. The Kier molecular flexibility index (Phi) is 9.23. The number of carbonyl (C=O) groups is 4. The molecule has 0 aliphatic heterocycles. The highest BCUT2D eigenvalue weighted by Gasteiger charge is 2.14. The largest absolute Gasteiger partial charge is 0.457 e. The summed E-state index contributed by atoms with van der Waals surface area (Å²) in [6, 6.07) is 29.8. The van der Waals surface area contributed by atoms with Crippen LogP contribution in [-0.4, -0.2) is 30.2 Å². The molecular formula is C34H27NO8. The van der Waals surface area contributed by atoms with Crippen molar-refractivity contribution in [3.8, 4) is 17.2 Å². The van der Waals surface area contributed by atoms with Crippen molar-refractivity contribution < 1.29 is 37.8 Å². The van der Waals surface area contributed by atoms with E-state index in [2.05, 4.69) is 5.32 Å². The van der Waals surface area contributed by atoms with Gasteiger partial charge in [-0.05, 0) is 90.0 Å². The van der Waals surface area contributed by atoms with Crippen LogP contribution in [0.3, 0.4) is 0 Å². The monoisotopic (exact) mass is 577 g/mol. The molecule has 5 rings (SSSR count). The molecule has 0 aliphatic rings. The van der Waals surface area contributed by atoms with Gasteiger partial charge in [-0.25, -0.2) is 4.79 Å². The molecule has 0 fully saturated rings. The van der Waals surface area contributed by atoms with Gasteiger partial charge in [0.2, 0.25) is 11.7 Å². The van der Waals surface area contributed by atoms with Gasteiger partial charge in [0.05, 0.1) is 6.26 Å². The van der Waals surface area contributed by atoms with Crippen LogP contribution < -0.4 is 14.8 Å². The van der Waals surface area contributed by atoms with Crippen molar-refractivity contribution in [3.63, 3.8) is 0 Å². The Morgan fingerprint density at radius 1 is 0.698 bits per heavy atom.